The van der Waals surface area contributed by atoms with Crippen LogP contribution in [0.25, 0.3) is 0 Å². The molecule has 1 heterocycles. The number of nitrogens with two attached hydrogens (primary N) is 1. The Balaban J connectivity index is 1.86. The van der Waals surface area contributed by atoms with Gasteiger partial charge in [-0.25, -0.2) is 5.14 Å². The van der Waals surface area contributed by atoms with Crippen molar-refractivity contribution in [3.8, 4) is 0 Å². The van der Waals surface area contributed by atoms with Gasteiger partial charge >= 0.3 is 0 Å². The first-order valence-electron chi connectivity index (χ1n) is 9.24. The van der Waals surface area contributed by atoms with Gasteiger partial charge in [0.05, 0.1) is 5.54 Å². The van der Waals surface area contributed by atoms with E-state index in [-0.39, 0.29) is 12.1 Å². The molecule has 3 rings (SSSR count). The van der Waals surface area contributed by atoms with Gasteiger partial charge in [0.2, 0.25) is 0 Å². The Morgan fingerprint density at radius 3 is 2.44 bits per heavy atom. The maximum atomic E-state index is 12.3. The molecule has 1 aliphatic heterocycles. The van der Waals surface area contributed by atoms with E-state index >= 15 is 0 Å². The SMILES string of the molecule is Cc1cccc(NC2(CN(Cc3ccccc3)S(N)(=O)=O)CCNCC2)c1. The molecule has 7 heteroatoms. The van der Waals surface area contributed by atoms with Crippen molar-refractivity contribution in [1.29, 1.82) is 0 Å². The smallest absolute Gasteiger partial charge is 0.277 e. The van der Waals surface area contributed by atoms with Crippen molar-refractivity contribution in [2.45, 2.75) is 31.8 Å². The summed E-state index contributed by atoms with van der Waals surface area (Å²) >= 11 is 0. The summed E-state index contributed by atoms with van der Waals surface area (Å²) in [5, 5.41) is 12.6. The van der Waals surface area contributed by atoms with Crippen LogP contribution in [0.15, 0.2) is 54.6 Å². The zero-order chi connectivity index (χ0) is 19.3. The van der Waals surface area contributed by atoms with Gasteiger partial charge in [0.25, 0.3) is 10.2 Å². The molecule has 1 fully saturated rings. The predicted molar refractivity (Wildman–Crippen MR) is 110 cm³/mol. The summed E-state index contributed by atoms with van der Waals surface area (Å²) in [6.45, 7) is 4.32. The fourth-order valence-corrected chi connectivity index (χ4v) is 4.37. The number of nitrogens with one attached hydrogen (secondary N) is 2. The molecule has 0 saturated carbocycles. The van der Waals surface area contributed by atoms with Crippen LogP contribution in [0.3, 0.4) is 0 Å². The van der Waals surface area contributed by atoms with Crippen molar-refractivity contribution < 1.29 is 8.42 Å². The molecular weight excluding hydrogens is 360 g/mol. The van der Waals surface area contributed by atoms with E-state index in [0.717, 1.165) is 42.7 Å². The number of nitrogens with zero attached hydrogens (tertiary/aromatic N) is 1. The van der Waals surface area contributed by atoms with Crippen LogP contribution >= 0.6 is 0 Å². The second kappa shape index (κ2) is 8.39. The Morgan fingerprint density at radius 1 is 1.11 bits per heavy atom. The highest BCUT2D eigenvalue weighted by atomic mass is 32.2. The Hall–Kier alpha value is -1.93. The fourth-order valence-electron chi connectivity index (χ4n) is 3.62. The number of rotatable bonds is 7. The van der Waals surface area contributed by atoms with Gasteiger partial charge in [-0.1, -0.05) is 42.5 Å². The molecule has 1 aliphatic rings. The van der Waals surface area contributed by atoms with Gasteiger partial charge in [0, 0.05) is 18.8 Å². The van der Waals surface area contributed by atoms with Crippen molar-refractivity contribution in [3.05, 3.63) is 65.7 Å². The van der Waals surface area contributed by atoms with Crippen LogP contribution in [0.4, 0.5) is 5.69 Å². The van der Waals surface area contributed by atoms with Crippen molar-refractivity contribution in [2.24, 2.45) is 5.14 Å². The van der Waals surface area contributed by atoms with Gasteiger partial charge in [-0.15, -0.1) is 0 Å². The van der Waals surface area contributed by atoms with Gasteiger partial charge in [0.15, 0.2) is 0 Å². The second-order valence-electron chi connectivity index (χ2n) is 7.32. The standard InChI is InChI=1S/C20H28N4O2S/c1-17-6-5-9-19(14-17)23-20(10-12-22-13-11-20)16-24(27(21,25)26)15-18-7-3-2-4-8-18/h2-9,14,22-23H,10-13,15-16H2,1H3,(H2,21,25,26). The van der Waals surface area contributed by atoms with Crippen molar-refractivity contribution in [3.63, 3.8) is 0 Å². The maximum absolute atomic E-state index is 12.3. The largest absolute Gasteiger partial charge is 0.378 e. The summed E-state index contributed by atoms with van der Waals surface area (Å²) in [5.74, 6) is 0. The minimum Gasteiger partial charge on any atom is -0.378 e. The highest BCUT2D eigenvalue weighted by Gasteiger charge is 2.36. The van der Waals surface area contributed by atoms with Crippen LogP contribution in [-0.4, -0.2) is 37.9 Å². The van der Waals surface area contributed by atoms with Crippen LogP contribution in [0, 0.1) is 6.92 Å². The normalized spacial score (nSPS) is 17.0. The van der Waals surface area contributed by atoms with E-state index in [0.29, 0.717) is 6.54 Å². The molecule has 2 aromatic rings. The van der Waals surface area contributed by atoms with Crippen LogP contribution in [-0.2, 0) is 16.8 Å². The molecule has 6 nitrogen and oxygen atoms in total. The molecule has 0 atom stereocenters. The van der Waals surface area contributed by atoms with Crippen LogP contribution in [0.1, 0.15) is 24.0 Å². The molecule has 0 amide bonds. The van der Waals surface area contributed by atoms with E-state index in [2.05, 4.69) is 16.7 Å². The highest BCUT2D eigenvalue weighted by molar-refractivity contribution is 7.86. The van der Waals surface area contributed by atoms with Gasteiger partial charge in [0.1, 0.15) is 0 Å². The molecule has 0 bridgehead atoms. The third kappa shape index (κ3) is 5.52. The van der Waals surface area contributed by atoms with E-state index < -0.39 is 10.2 Å². The monoisotopic (exact) mass is 388 g/mol. The minimum atomic E-state index is -3.83. The number of benzene rings is 2. The lowest BCUT2D eigenvalue weighted by Crippen LogP contribution is -2.56. The number of aryl methyl sites for hydroxylation is 1. The Kier molecular flexibility index (Phi) is 6.16. The average Bonchev–Trinajstić information content (AvgIpc) is 2.62. The maximum Gasteiger partial charge on any atom is 0.277 e. The number of piperidine rings is 1. The second-order valence-corrected chi connectivity index (χ2v) is 8.87. The summed E-state index contributed by atoms with van der Waals surface area (Å²) in [6, 6.07) is 17.7. The molecule has 27 heavy (non-hydrogen) atoms. The van der Waals surface area contributed by atoms with E-state index in [4.69, 9.17) is 5.14 Å². The van der Waals surface area contributed by atoms with E-state index in [1.807, 2.05) is 55.5 Å². The number of anilines is 1. The molecule has 1 saturated heterocycles. The average molecular weight is 389 g/mol. The molecular formula is C20H28N4O2S. The molecule has 146 valence electrons. The third-order valence-corrected chi connectivity index (χ3v) is 6.01. The number of hydrogen-bond donors (Lipinski definition) is 3. The third-order valence-electron chi connectivity index (χ3n) is 5.03. The minimum absolute atomic E-state index is 0.268. The first-order chi connectivity index (χ1) is 12.9. The first-order valence-corrected chi connectivity index (χ1v) is 10.7. The highest BCUT2D eigenvalue weighted by Crippen LogP contribution is 2.27. The van der Waals surface area contributed by atoms with E-state index in [1.165, 1.54) is 4.31 Å². The van der Waals surface area contributed by atoms with Gasteiger partial charge in [-0.3, -0.25) is 0 Å². The zero-order valence-corrected chi connectivity index (χ0v) is 16.5. The predicted octanol–water partition coefficient (Wildman–Crippen LogP) is 2.23. The lowest BCUT2D eigenvalue weighted by Gasteiger charge is -2.42. The molecule has 4 N–H and O–H groups in total. The summed E-state index contributed by atoms with van der Waals surface area (Å²) < 4.78 is 26.0. The first kappa shape index (κ1) is 19.8. The van der Waals surface area contributed by atoms with E-state index in [1.54, 1.807) is 0 Å². The Morgan fingerprint density at radius 2 is 1.81 bits per heavy atom. The number of hydrogen-bond acceptors (Lipinski definition) is 4. The van der Waals surface area contributed by atoms with Crippen LogP contribution in [0.5, 0.6) is 0 Å². The van der Waals surface area contributed by atoms with Crippen LogP contribution in [0.2, 0.25) is 0 Å². The van der Waals surface area contributed by atoms with Gasteiger partial charge in [-0.05, 0) is 56.1 Å². The fraction of sp³-hybridized carbons (Fsp3) is 0.400. The van der Waals surface area contributed by atoms with Gasteiger partial charge in [-0.2, -0.15) is 12.7 Å². The topological polar surface area (TPSA) is 87.5 Å². The zero-order valence-electron chi connectivity index (χ0n) is 15.7. The quantitative estimate of drug-likeness (QED) is 0.679. The summed E-state index contributed by atoms with van der Waals surface area (Å²) in [4.78, 5) is 0. The van der Waals surface area contributed by atoms with E-state index in [9.17, 15) is 8.42 Å². The van der Waals surface area contributed by atoms with Crippen molar-refractivity contribution in [1.82, 2.24) is 9.62 Å². The lowest BCUT2D eigenvalue weighted by atomic mass is 9.87. The Bertz CT molecular complexity index is 849. The molecule has 0 aromatic heterocycles. The van der Waals surface area contributed by atoms with Crippen molar-refractivity contribution >= 4 is 15.9 Å². The molecule has 0 radical (unpaired) electrons. The molecule has 0 aliphatic carbocycles. The van der Waals surface area contributed by atoms with Crippen molar-refractivity contribution in [2.75, 3.05) is 25.0 Å². The van der Waals surface area contributed by atoms with Gasteiger partial charge < -0.3 is 10.6 Å². The summed E-state index contributed by atoms with van der Waals surface area (Å²) in [5.41, 5.74) is 2.73. The van der Waals surface area contributed by atoms with Crippen LogP contribution < -0.4 is 15.8 Å². The summed E-state index contributed by atoms with van der Waals surface area (Å²) in [6.07, 6.45) is 1.64. The molecule has 0 unspecified atom stereocenters. The lowest BCUT2D eigenvalue weighted by molar-refractivity contribution is 0.260. The Labute approximate surface area is 161 Å². The summed E-state index contributed by atoms with van der Waals surface area (Å²) in [7, 11) is -3.83. The molecule has 0 spiro atoms. The molecule has 2 aromatic carbocycles.